The number of carboxylic acid groups (broad SMARTS) is 1. The molecule has 7 nitrogen and oxygen atoms in total. The van der Waals surface area contributed by atoms with Crippen LogP contribution >= 0.6 is 0 Å². The van der Waals surface area contributed by atoms with E-state index in [0.29, 0.717) is 11.6 Å². The van der Waals surface area contributed by atoms with Crippen LogP contribution in [0.25, 0.3) is 0 Å². The molecule has 0 aliphatic carbocycles. The maximum absolute atomic E-state index is 12.0. The molecule has 116 valence electrons. The molecule has 1 fully saturated rings. The molecular formula is C14H21N3O4. The van der Waals surface area contributed by atoms with Gasteiger partial charge in [-0.3, -0.25) is 0 Å². The Kier molecular flexibility index (Phi) is 4.85. The zero-order valence-electron chi connectivity index (χ0n) is 12.2. The van der Waals surface area contributed by atoms with Crippen LogP contribution in [0.15, 0.2) is 6.07 Å². The summed E-state index contributed by atoms with van der Waals surface area (Å²) in [5.74, 6) is -0.715. The number of carboxylic acids is 1. The van der Waals surface area contributed by atoms with E-state index in [-0.39, 0.29) is 17.4 Å². The van der Waals surface area contributed by atoms with Crippen molar-refractivity contribution >= 4 is 17.7 Å². The second kappa shape index (κ2) is 6.62. The molecular weight excluding hydrogens is 274 g/mol. The maximum atomic E-state index is 12.0. The molecule has 1 atom stereocenters. The minimum atomic E-state index is -1.10. The van der Waals surface area contributed by atoms with Gasteiger partial charge in [0.05, 0.1) is 5.69 Å². The molecule has 0 aromatic carbocycles. The van der Waals surface area contributed by atoms with Crippen LogP contribution in [-0.4, -0.2) is 41.3 Å². The summed E-state index contributed by atoms with van der Waals surface area (Å²) in [6, 6.07) is 1.22. The lowest BCUT2D eigenvalue weighted by atomic mass is 9.93. The predicted octanol–water partition coefficient (Wildman–Crippen LogP) is 1.96. The van der Waals surface area contributed by atoms with E-state index < -0.39 is 12.0 Å². The average molecular weight is 295 g/mol. The Labute approximate surface area is 123 Å². The first kappa shape index (κ1) is 15.4. The third kappa shape index (κ3) is 3.98. The van der Waals surface area contributed by atoms with Gasteiger partial charge in [0, 0.05) is 24.9 Å². The molecule has 2 amide bonds. The van der Waals surface area contributed by atoms with Gasteiger partial charge in [0.1, 0.15) is 5.69 Å². The van der Waals surface area contributed by atoms with Gasteiger partial charge in [0.2, 0.25) is 0 Å². The second-order valence-electron chi connectivity index (χ2n) is 5.38. The van der Waals surface area contributed by atoms with Gasteiger partial charge in [-0.05, 0) is 38.7 Å². The minimum absolute atomic E-state index is 0.0126. The van der Waals surface area contributed by atoms with Gasteiger partial charge in [-0.1, -0.05) is 0 Å². The highest BCUT2D eigenvalue weighted by Crippen LogP contribution is 2.19. The molecule has 1 aromatic rings. The van der Waals surface area contributed by atoms with Crippen LogP contribution in [0.1, 0.15) is 35.9 Å². The standard InChI is InChI=1S/C14H21N3O4/c1-8-7-11(12(15-8)13(18)19)17-14(20)16-9(2)10-3-5-21-6-4-10/h7,9-10,15H,3-6H2,1-2H3,(H,18,19)(H2,16,17,20). The number of nitrogens with one attached hydrogen (secondary N) is 3. The zero-order valence-corrected chi connectivity index (χ0v) is 12.2. The van der Waals surface area contributed by atoms with E-state index in [1.807, 2.05) is 6.92 Å². The lowest BCUT2D eigenvalue weighted by Gasteiger charge is -2.28. The highest BCUT2D eigenvalue weighted by molar-refractivity contribution is 5.99. The van der Waals surface area contributed by atoms with Crippen molar-refractivity contribution in [1.29, 1.82) is 0 Å². The molecule has 2 heterocycles. The van der Waals surface area contributed by atoms with E-state index in [4.69, 9.17) is 9.84 Å². The lowest BCUT2D eigenvalue weighted by molar-refractivity contribution is 0.0573. The van der Waals surface area contributed by atoms with Crippen LogP contribution in [-0.2, 0) is 4.74 Å². The molecule has 0 saturated carbocycles. The number of hydrogen-bond donors (Lipinski definition) is 4. The van der Waals surface area contributed by atoms with Crippen molar-refractivity contribution < 1.29 is 19.4 Å². The molecule has 4 N–H and O–H groups in total. The van der Waals surface area contributed by atoms with Crippen LogP contribution < -0.4 is 10.6 Å². The molecule has 1 saturated heterocycles. The van der Waals surface area contributed by atoms with Crippen molar-refractivity contribution in [3.63, 3.8) is 0 Å². The summed E-state index contributed by atoms with van der Waals surface area (Å²) in [5.41, 5.74) is 0.943. The predicted molar refractivity (Wildman–Crippen MR) is 77.6 cm³/mol. The molecule has 0 radical (unpaired) electrons. The van der Waals surface area contributed by atoms with E-state index in [2.05, 4.69) is 15.6 Å². The van der Waals surface area contributed by atoms with Gasteiger partial charge in [0.25, 0.3) is 0 Å². The Morgan fingerprint density at radius 3 is 2.71 bits per heavy atom. The first-order valence-corrected chi connectivity index (χ1v) is 7.05. The number of aryl methyl sites for hydroxylation is 1. The number of aromatic amines is 1. The summed E-state index contributed by atoms with van der Waals surface area (Å²) in [7, 11) is 0. The Hall–Kier alpha value is -2.02. The number of aromatic carboxylic acids is 1. The van der Waals surface area contributed by atoms with Gasteiger partial charge in [-0.15, -0.1) is 0 Å². The maximum Gasteiger partial charge on any atom is 0.354 e. The number of carbonyl (C=O) groups excluding carboxylic acids is 1. The molecule has 1 unspecified atom stereocenters. The Bertz CT molecular complexity index is 520. The highest BCUT2D eigenvalue weighted by atomic mass is 16.5. The number of urea groups is 1. The Morgan fingerprint density at radius 2 is 2.10 bits per heavy atom. The molecule has 1 aromatic heterocycles. The fourth-order valence-corrected chi connectivity index (χ4v) is 2.56. The highest BCUT2D eigenvalue weighted by Gasteiger charge is 2.22. The van der Waals surface area contributed by atoms with Crippen molar-refractivity contribution in [3.05, 3.63) is 17.5 Å². The Morgan fingerprint density at radius 1 is 1.43 bits per heavy atom. The minimum Gasteiger partial charge on any atom is -0.477 e. The number of carbonyl (C=O) groups is 2. The number of amides is 2. The number of H-pyrrole nitrogens is 1. The summed E-state index contributed by atoms with van der Waals surface area (Å²) < 4.78 is 5.30. The smallest absolute Gasteiger partial charge is 0.354 e. The SMILES string of the molecule is Cc1cc(NC(=O)NC(C)C2CCOCC2)c(C(=O)O)[nH]1. The molecule has 1 aliphatic heterocycles. The van der Waals surface area contributed by atoms with E-state index >= 15 is 0 Å². The first-order chi connectivity index (χ1) is 9.97. The van der Waals surface area contributed by atoms with Gasteiger partial charge in [0.15, 0.2) is 0 Å². The van der Waals surface area contributed by atoms with Gasteiger partial charge >= 0.3 is 12.0 Å². The number of ether oxygens (including phenoxy) is 1. The zero-order chi connectivity index (χ0) is 15.4. The lowest BCUT2D eigenvalue weighted by Crippen LogP contribution is -2.42. The second-order valence-corrected chi connectivity index (χ2v) is 5.38. The van der Waals surface area contributed by atoms with E-state index in [0.717, 1.165) is 26.1 Å². The van der Waals surface area contributed by atoms with Crippen LogP contribution in [0.2, 0.25) is 0 Å². The third-order valence-electron chi connectivity index (χ3n) is 3.75. The Balaban J connectivity index is 1.93. The summed E-state index contributed by atoms with van der Waals surface area (Å²) in [4.78, 5) is 25.8. The topological polar surface area (TPSA) is 103 Å². The molecule has 21 heavy (non-hydrogen) atoms. The van der Waals surface area contributed by atoms with Crippen molar-refractivity contribution in [1.82, 2.24) is 10.3 Å². The molecule has 2 rings (SSSR count). The number of hydrogen-bond acceptors (Lipinski definition) is 3. The van der Waals surface area contributed by atoms with Gasteiger partial charge in [-0.2, -0.15) is 0 Å². The summed E-state index contributed by atoms with van der Waals surface area (Å²) in [6.07, 6.45) is 1.84. The van der Waals surface area contributed by atoms with E-state index in [1.165, 1.54) is 0 Å². The van der Waals surface area contributed by atoms with Crippen LogP contribution in [0.5, 0.6) is 0 Å². The van der Waals surface area contributed by atoms with Crippen molar-refractivity contribution in [2.45, 2.75) is 32.7 Å². The monoisotopic (exact) mass is 295 g/mol. The van der Waals surface area contributed by atoms with Crippen LogP contribution in [0.4, 0.5) is 10.5 Å². The van der Waals surface area contributed by atoms with Crippen LogP contribution in [0, 0.1) is 12.8 Å². The van der Waals surface area contributed by atoms with Gasteiger partial charge in [-0.25, -0.2) is 9.59 Å². The van der Waals surface area contributed by atoms with Crippen LogP contribution in [0.3, 0.4) is 0 Å². The first-order valence-electron chi connectivity index (χ1n) is 7.05. The van der Waals surface area contributed by atoms with Gasteiger partial charge < -0.3 is 25.5 Å². The summed E-state index contributed by atoms with van der Waals surface area (Å²) >= 11 is 0. The fourth-order valence-electron chi connectivity index (χ4n) is 2.56. The quantitative estimate of drug-likeness (QED) is 0.681. The number of aromatic nitrogens is 1. The average Bonchev–Trinajstić information content (AvgIpc) is 2.80. The van der Waals surface area contributed by atoms with Crippen molar-refractivity contribution in [2.75, 3.05) is 18.5 Å². The number of rotatable bonds is 4. The molecule has 0 bridgehead atoms. The van der Waals surface area contributed by atoms with Crippen molar-refractivity contribution in [3.8, 4) is 0 Å². The fraction of sp³-hybridized carbons (Fsp3) is 0.571. The van der Waals surface area contributed by atoms with E-state index in [9.17, 15) is 9.59 Å². The normalized spacial score (nSPS) is 17.2. The summed E-state index contributed by atoms with van der Waals surface area (Å²) in [6.45, 7) is 5.13. The molecule has 0 spiro atoms. The third-order valence-corrected chi connectivity index (χ3v) is 3.75. The summed E-state index contributed by atoms with van der Waals surface area (Å²) in [5, 5.41) is 14.5. The largest absolute Gasteiger partial charge is 0.477 e. The number of anilines is 1. The molecule has 1 aliphatic rings. The van der Waals surface area contributed by atoms with E-state index in [1.54, 1.807) is 13.0 Å². The molecule has 7 heteroatoms. The van der Waals surface area contributed by atoms with Crippen molar-refractivity contribution in [2.24, 2.45) is 5.92 Å².